The Morgan fingerprint density at radius 1 is 0.745 bits per heavy atom. The molecule has 3 heterocycles. The lowest BCUT2D eigenvalue weighted by Gasteiger charge is -2.31. The fourth-order valence-electron chi connectivity index (χ4n) is 6.29. The smallest absolute Gasteiger partial charge is 0.204 e. The zero-order chi connectivity index (χ0) is 32.6. The molecule has 0 saturated heterocycles. The van der Waals surface area contributed by atoms with E-state index in [1.807, 2.05) is 59.8 Å². The molecule has 1 amide bonds. The number of pyridine rings is 1. The maximum absolute atomic E-state index is 9.75. The van der Waals surface area contributed by atoms with E-state index < -0.39 is 0 Å². The van der Waals surface area contributed by atoms with E-state index in [1.54, 1.807) is 6.20 Å². The number of fused-ring (bicyclic) bond motifs is 3. The number of nitrogens with two attached hydrogens (primary N) is 1. The van der Waals surface area contributed by atoms with Crippen LogP contribution < -0.4 is 5.73 Å². The van der Waals surface area contributed by atoms with Crippen molar-refractivity contribution in [3.8, 4) is 0 Å². The van der Waals surface area contributed by atoms with Crippen molar-refractivity contribution < 1.29 is 4.79 Å². The molecular weight excluding hydrogens is 582 g/mol. The molecule has 8 nitrogen and oxygen atoms in total. The van der Waals surface area contributed by atoms with Crippen LogP contribution in [0.2, 0.25) is 0 Å². The predicted octanol–water partition coefficient (Wildman–Crippen LogP) is 7.71. The van der Waals surface area contributed by atoms with Crippen LogP contribution in [0, 0.1) is 10.8 Å². The molecule has 3 aromatic heterocycles. The molecule has 4 aromatic carbocycles. The number of carbonyl (C=O) groups is 1. The van der Waals surface area contributed by atoms with Crippen molar-refractivity contribution in [2.24, 2.45) is 5.73 Å². The topological polar surface area (TPSA) is 138 Å². The number of primary amides is 1. The van der Waals surface area contributed by atoms with Gasteiger partial charge in [0.15, 0.2) is 0 Å². The number of amides is 1. The molecule has 234 valence electrons. The van der Waals surface area contributed by atoms with Crippen LogP contribution in [-0.2, 0) is 24.2 Å². The Labute approximate surface area is 273 Å². The Balaban J connectivity index is 0.00000124. The highest BCUT2D eigenvalue weighted by Gasteiger charge is 2.28. The second-order valence-corrected chi connectivity index (χ2v) is 11.4. The van der Waals surface area contributed by atoms with Gasteiger partial charge in [-0.2, -0.15) is 0 Å². The van der Waals surface area contributed by atoms with Crippen molar-refractivity contribution in [2.75, 3.05) is 0 Å². The van der Waals surface area contributed by atoms with E-state index in [-0.39, 0.29) is 12.3 Å². The van der Waals surface area contributed by atoms with Gasteiger partial charge in [-0.3, -0.25) is 20.6 Å². The summed E-state index contributed by atoms with van der Waals surface area (Å²) < 4.78 is 0. The lowest BCUT2D eigenvalue weighted by molar-refractivity contribution is -0.106. The maximum Gasteiger partial charge on any atom is 0.204 e. The summed E-state index contributed by atoms with van der Waals surface area (Å²) in [6, 6.07) is 37.1. The molecule has 0 fully saturated rings. The third kappa shape index (κ3) is 6.82. The summed E-state index contributed by atoms with van der Waals surface area (Å²) in [5.74, 6) is 0.470. The number of hydrogen-bond acceptors (Lipinski definition) is 4. The molecule has 7 rings (SSSR count). The molecule has 0 aliphatic heterocycles. The van der Waals surface area contributed by atoms with Gasteiger partial charge < -0.3 is 20.6 Å². The molecule has 0 bridgehead atoms. The minimum absolute atomic E-state index is 0.250. The monoisotopic (exact) mass is 619 g/mol. The molecule has 7 aromatic rings. The molecule has 0 saturated carbocycles. The minimum Gasteiger partial charge on any atom is -0.372 e. The van der Waals surface area contributed by atoms with Crippen molar-refractivity contribution in [3.05, 3.63) is 150 Å². The number of hydrogen-bond donors (Lipinski definition) is 5. The van der Waals surface area contributed by atoms with Crippen molar-refractivity contribution in [1.82, 2.24) is 19.9 Å². The lowest BCUT2D eigenvalue weighted by atomic mass is 9.92. The third-order valence-electron chi connectivity index (χ3n) is 8.60. The largest absolute Gasteiger partial charge is 0.372 e. The molecule has 0 spiro atoms. The first kappa shape index (κ1) is 31.0. The third-order valence-corrected chi connectivity index (χ3v) is 8.60. The van der Waals surface area contributed by atoms with Gasteiger partial charge in [0.25, 0.3) is 0 Å². The van der Waals surface area contributed by atoms with Crippen LogP contribution in [0.3, 0.4) is 0 Å². The predicted molar refractivity (Wildman–Crippen MR) is 191 cm³/mol. The number of aromatic nitrogens is 3. The number of carbonyl (C=O) groups excluding carboxylic acids is 1. The Morgan fingerprint density at radius 2 is 1.34 bits per heavy atom. The average molecular weight is 620 g/mol. The summed E-state index contributed by atoms with van der Waals surface area (Å²) in [7, 11) is 0. The first-order valence-electron chi connectivity index (χ1n) is 15.6. The maximum atomic E-state index is 9.75. The van der Waals surface area contributed by atoms with Crippen LogP contribution in [0.15, 0.2) is 128 Å². The zero-order valence-electron chi connectivity index (χ0n) is 26.0. The van der Waals surface area contributed by atoms with Crippen LogP contribution in [0.4, 0.5) is 0 Å². The number of aromatic amines is 2. The van der Waals surface area contributed by atoms with Crippen LogP contribution in [0.1, 0.15) is 34.7 Å². The van der Waals surface area contributed by atoms with Gasteiger partial charge in [-0.05, 0) is 64.6 Å². The first-order valence-corrected chi connectivity index (χ1v) is 15.6. The molecule has 6 N–H and O–H groups in total. The SMILES string of the molecule is N=C(CCc1c[nH]c2ccccc12)N(Cc1cccc2ccccc12)C(=N)[C@@H](Cc1c[nH]c2ccccc12)c1ccccn1.NC=O. The Kier molecular flexibility index (Phi) is 9.48. The highest BCUT2D eigenvalue weighted by Crippen LogP contribution is 2.29. The van der Waals surface area contributed by atoms with Crippen molar-refractivity contribution >= 4 is 50.7 Å². The quantitative estimate of drug-likeness (QED) is 0.0642. The first-order chi connectivity index (χ1) is 23.1. The number of aryl methyl sites for hydroxylation is 1. The lowest BCUT2D eigenvalue weighted by Crippen LogP contribution is -2.40. The molecular formula is C39H37N7O. The standard InChI is InChI=1S/C38H34N6.CH3NO/c39-37(20-19-27-23-42-34-16-5-3-14-31(27)34)44(25-28-12-9-11-26-10-1-2-13-30(26)28)38(40)33(36-18-7-8-21-41-36)22-29-24-43-35-17-6-4-15-32(29)35;2-1-3/h1-18,21,23-24,33,39-40,42-43H,19-20,22,25H2;1H,(H2,2,3)/t33-;/m0./s1. The van der Waals surface area contributed by atoms with Gasteiger partial charge in [-0.15, -0.1) is 0 Å². The average Bonchev–Trinajstić information content (AvgIpc) is 3.73. The van der Waals surface area contributed by atoms with E-state index in [0.29, 0.717) is 37.5 Å². The highest BCUT2D eigenvalue weighted by atomic mass is 16.1. The van der Waals surface area contributed by atoms with E-state index in [9.17, 15) is 10.8 Å². The van der Waals surface area contributed by atoms with Gasteiger partial charge in [0, 0.05) is 46.8 Å². The fourth-order valence-corrected chi connectivity index (χ4v) is 6.29. The number of benzene rings is 4. The second-order valence-electron chi connectivity index (χ2n) is 11.4. The molecule has 0 aliphatic rings. The number of H-pyrrole nitrogens is 2. The summed E-state index contributed by atoms with van der Waals surface area (Å²) in [6.07, 6.45) is 7.96. The summed E-state index contributed by atoms with van der Waals surface area (Å²) in [5, 5.41) is 23.8. The molecule has 0 unspecified atom stereocenters. The van der Waals surface area contributed by atoms with Crippen LogP contribution >= 0.6 is 0 Å². The van der Waals surface area contributed by atoms with Crippen molar-refractivity contribution in [1.29, 1.82) is 10.8 Å². The number of amidine groups is 2. The van der Waals surface area contributed by atoms with Gasteiger partial charge in [0.1, 0.15) is 11.7 Å². The van der Waals surface area contributed by atoms with Gasteiger partial charge in [-0.25, -0.2) is 0 Å². The summed E-state index contributed by atoms with van der Waals surface area (Å²) in [5.41, 5.74) is 10.6. The van der Waals surface area contributed by atoms with Crippen molar-refractivity contribution in [2.45, 2.75) is 31.7 Å². The number of rotatable bonds is 9. The Bertz CT molecular complexity index is 2140. The van der Waals surface area contributed by atoms with Crippen LogP contribution in [0.5, 0.6) is 0 Å². The molecule has 47 heavy (non-hydrogen) atoms. The summed E-state index contributed by atoms with van der Waals surface area (Å²) in [4.78, 5) is 22.0. The number of nitrogens with zero attached hydrogens (tertiary/aromatic N) is 2. The Morgan fingerprint density at radius 3 is 2.04 bits per heavy atom. The van der Waals surface area contributed by atoms with Gasteiger partial charge in [-0.1, -0.05) is 84.9 Å². The van der Waals surface area contributed by atoms with Gasteiger partial charge in [0.2, 0.25) is 6.41 Å². The van der Waals surface area contributed by atoms with E-state index in [4.69, 9.17) is 9.78 Å². The number of para-hydroxylation sites is 2. The Hall–Kier alpha value is -6.02. The zero-order valence-corrected chi connectivity index (χ0v) is 26.0. The van der Waals surface area contributed by atoms with Crippen molar-refractivity contribution in [3.63, 3.8) is 0 Å². The second kappa shape index (κ2) is 14.4. The van der Waals surface area contributed by atoms with Crippen LogP contribution in [0.25, 0.3) is 32.6 Å². The molecule has 0 radical (unpaired) electrons. The van der Waals surface area contributed by atoms with Gasteiger partial charge >= 0.3 is 0 Å². The summed E-state index contributed by atoms with van der Waals surface area (Å²) in [6.45, 7) is 0.435. The molecule has 8 heteroatoms. The molecule has 1 atom stereocenters. The van der Waals surface area contributed by atoms with Crippen LogP contribution in [-0.4, -0.2) is 37.9 Å². The normalized spacial score (nSPS) is 11.6. The van der Waals surface area contributed by atoms with E-state index in [2.05, 4.69) is 82.4 Å². The number of nitrogens with one attached hydrogen (secondary N) is 4. The molecule has 0 aliphatic carbocycles. The van der Waals surface area contributed by atoms with E-state index >= 15 is 0 Å². The van der Waals surface area contributed by atoms with E-state index in [0.717, 1.165) is 44.0 Å². The van der Waals surface area contributed by atoms with E-state index in [1.165, 1.54) is 10.9 Å². The minimum atomic E-state index is -0.334. The highest BCUT2D eigenvalue weighted by molar-refractivity contribution is 6.02. The fraction of sp³-hybridized carbons (Fsp3) is 0.128. The summed E-state index contributed by atoms with van der Waals surface area (Å²) >= 11 is 0. The van der Waals surface area contributed by atoms with Gasteiger partial charge in [0.05, 0.1) is 18.2 Å².